The number of para-hydroxylation sites is 2. The van der Waals surface area contributed by atoms with Crippen LogP contribution in [0.5, 0.6) is 17.2 Å². The van der Waals surface area contributed by atoms with Gasteiger partial charge in [0.25, 0.3) is 0 Å². The van der Waals surface area contributed by atoms with E-state index < -0.39 is 5.92 Å². The number of carbonyl (C=O) groups excluding carboxylic acids is 2. The maximum absolute atomic E-state index is 13.9. The number of anilines is 1. The number of nitrogens with one attached hydrogen (secondary N) is 2. The van der Waals surface area contributed by atoms with Crippen LogP contribution in [0.2, 0.25) is 0 Å². The zero-order chi connectivity index (χ0) is 26.1. The third-order valence-corrected chi connectivity index (χ3v) is 7.72. The third-order valence-electron chi connectivity index (χ3n) is 6.74. The Morgan fingerprint density at radius 1 is 1.00 bits per heavy atom. The smallest absolute Gasteiger partial charge is 0.242 e. The Kier molecular flexibility index (Phi) is 6.51. The second-order valence-electron chi connectivity index (χ2n) is 9.15. The Hall–Kier alpha value is -4.24. The van der Waals surface area contributed by atoms with E-state index in [1.54, 1.807) is 23.6 Å². The van der Waals surface area contributed by atoms with Gasteiger partial charge in [0.1, 0.15) is 29.6 Å². The molecule has 2 N–H and O–H groups in total. The van der Waals surface area contributed by atoms with Crippen molar-refractivity contribution in [3.63, 3.8) is 0 Å². The van der Waals surface area contributed by atoms with Crippen LogP contribution in [0.15, 0.2) is 72.8 Å². The SMILES string of the molecule is COc1ccc(CNC(=O)Cn2nc3c(c2NC(=O)C2c4ccccc4Oc4ccccc42)CSC3)cc1. The number of nitrogens with zero attached hydrogens (tertiary/aromatic N) is 2. The Bertz CT molecular complexity index is 1470. The fourth-order valence-corrected chi connectivity index (χ4v) is 5.87. The van der Waals surface area contributed by atoms with E-state index >= 15 is 0 Å². The van der Waals surface area contributed by atoms with Crippen LogP contribution >= 0.6 is 11.8 Å². The second kappa shape index (κ2) is 10.3. The van der Waals surface area contributed by atoms with Crippen molar-refractivity contribution in [2.24, 2.45) is 0 Å². The van der Waals surface area contributed by atoms with Gasteiger partial charge in [-0.15, -0.1) is 0 Å². The van der Waals surface area contributed by atoms with Crippen LogP contribution < -0.4 is 20.1 Å². The largest absolute Gasteiger partial charge is 0.497 e. The number of hydrogen-bond donors (Lipinski definition) is 2. The highest BCUT2D eigenvalue weighted by Crippen LogP contribution is 2.44. The van der Waals surface area contributed by atoms with Crippen molar-refractivity contribution >= 4 is 29.4 Å². The minimum Gasteiger partial charge on any atom is -0.497 e. The van der Waals surface area contributed by atoms with Gasteiger partial charge in [0, 0.05) is 34.7 Å². The fourth-order valence-electron chi connectivity index (χ4n) is 4.84. The first-order valence-corrected chi connectivity index (χ1v) is 13.5. The van der Waals surface area contributed by atoms with E-state index in [0.717, 1.165) is 45.2 Å². The molecule has 6 rings (SSSR count). The number of methoxy groups -OCH3 is 1. The molecule has 0 radical (unpaired) electrons. The molecule has 8 nitrogen and oxygen atoms in total. The average Bonchev–Trinajstić information content (AvgIpc) is 3.53. The molecule has 38 heavy (non-hydrogen) atoms. The summed E-state index contributed by atoms with van der Waals surface area (Å²) in [6, 6.07) is 22.7. The molecule has 4 aromatic rings. The summed E-state index contributed by atoms with van der Waals surface area (Å²) < 4.78 is 12.9. The first kappa shape index (κ1) is 24.1. The van der Waals surface area contributed by atoms with Crippen LogP contribution in [-0.4, -0.2) is 28.7 Å². The molecular formula is C29H26N4O4S. The van der Waals surface area contributed by atoms with E-state index in [4.69, 9.17) is 9.47 Å². The molecule has 1 aromatic heterocycles. The number of benzene rings is 3. The van der Waals surface area contributed by atoms with Crippen LogP contribution in [0, 0.1) is 0 Å². The molecule has 2 aliphatic heterocycles. The third kappa shape index (κ3) is 4.61. The highest BCUT2D eigenvalue weighted by Gasteiger charge is 2.34. The van der Waals surface area contributed by atoms with E-state index in [0.29, 0.717) is 23.9 Å². The molecule has 2 aliphatic rings. The quantitative estimate of drug-likeness (QED) is 0.358. The summed E-state index contributed by atoms with van der Waals surface area (Å²) in [7, 11) is 1.62. The Labute approximate surface area is 224 Å². The summed E-state index contributed by atoms with van der Waals surface area (Å²) in [6.45, 7) is 0.390. The molecule has 0 bridgehead atoms. The molecule has 3 heterocycles. The number of hydrogen-bond acceptors (Lipinski definition) is 6. The van der Waals surface area contributed by atoms with Crippen LogP contribution in [-0.2, 0) is 34.2 Å². The molecule has 9 heteroatoms. The van der Waals surface area contributed by atoms with Crippen molar-refractivity contribution in [2.45, 2.75) is 30.5 Å². The van der Waals surface area contributed by atoms with Crippen LogP contribution in [0.4, 0.5) is 5.82 Å². The molecule has 192 valence electrons. The van der Waals surface area contributed by atoms with E-state index in [9.17, 15) is 9.59 Å². The van der Waals surface area contributed by atoms with Crippen molar-refractivity contribution in [1.82, 2.24) is 15.1 Å². The number of carbonyl (C=O) groups is 2. The van der Waals surface area contributed by atoms with Gasteiger partial charge < -0.3 is 20.1 Å². The summed E-state index contributed by atoms with van der Waals surface area (Å²) in [6.07, 6.45) is 0. The van der Waals surface area contributed by atoms with Gasteiger partial charge >= 0.3 is 0 Å². The molecule has 0 spiro atoms. The van der Waals surface area contributed by atoms with Gasteiger partial charge in [-0.25, -0.2) is 4.68 Å². The molecule has 0 atom stereocenters. The van der Waals surface area contributed by atoms with Gasteiger partial charge in [-0.05, 0) is 29.8 Å². The molecule has 0 saturated carbocycles. The zero-order valence-corrected chi connectivity index (χ0v) is 21.6. The standard InChI is InChI=1S/C29H26N4O4S/c1-36-19-12-10-18(11-13-19)14-30-26(34)15-33-28(22-16-38-17-23(22)32-33)31-29(35)27-20-6-2-4-8-24(20)37-25-9-5-3-7-21(25)27/h2-13,27H,14-17H2,1H3,(H,30,34)(H,31,35). The maximum atomic E-state index is 13.9. The van der Waals surface area contributed by atoms with Gasteiger partial charge in [0.2, 0.25) is 11.8 Å². The van der Waals surface area contributed by atoms with E-state index in [1.807, 2.05) is 72.8 Å². The summed E-state index contributed by atoms with van der Waals surface area (Å²) in [4.78, 5) is 26.7. The Balaban J connectivity index is 1.23. The highest BCUT2D eigenvalue weighted by molar-refractivity contribution is 7.98. The minimum atomic E-state index is -0.548. The van der Waals surface area contributed by atoms with Crippen molar-refractivity contribution in [1.29, 1.82) is 0 Å². The van der Waals surface area contributed by atoms with Crippen molar-refractivity contribution in [3.8, 4) is 17.2 Å². The van der Waals surface area contributed by atoms with Crippen molar-refractivity contribution in [2.75, 3.05) is 12.4 Å². The molecule has 0 saturated heterocycles. The van der Waals surface area contributed by atoms with Crippen molar-refractivity contribution < 1.29 is 19.1 Å². The molecular weight excluding hydrogens is 500 g/mol. The van der Waals surface area contributed by atoms with Gasteiger partial charge in [0.05, 0.1) is 18.7 Å². The summed E-state index contributed by atoms with van der Waals surface area (Å²) in [5.41, 5.74) is 4.45. The topological polar surface area (TPSA) is 94.5 Å². The zero-order valence-electron chi connectivity index (χ0n) is 20.8. The monoisotopic (exact) mass is 526 g/mol. The number of fused-ring (bicyclic) bond motifs is 3. The number of thioether (sulfide) groups is 1. The minimum absolute atomic E-state index is 0.00435. The number of aromatic nitrogens is 2. The Morgan fingerprint density at radius 2 is 1.68 bits per heavy atom. The maximum Gasteiger partial charge on any atom is 0.242 e. The van der Waals surface area contributed by atoms with Crippen LogP contribution in [0.1, 0.15) is 33.9 Å². The summed E-state index contributed by atoms with van der Waals surface area (Å²) in [5, 5.41) is 10.8. The van der Waals surface area contributed by atoms with Crippen LogP contribution in [0.3, 0.4) is 0 Å². The lowest BCUT2D eigenvalue weighted by atomic mass is 9.87. The van der Waals surface area contributed by atoms with E-state index in [2.05, 4.69) is 15.7 Å². The lowest BCUT2D eigenvalue weighted by Gasteiger charge is -2.27. The number of ether oxygens (including phenoxy) is 2. The predicted octanol–water partition coefficient (Wildman–Crippen LogP) is 4.83. The molecule has 2 amide bonds. The van der Waals surface area contributed by atoms with Gasteiger partial charge in [-0.3, -0.25) is 9.59 Å². The number of amides is 2. The lowest BCUT2D eigenvalue weighted by molar-refractivity contribution is -0.122. The summed E-state index contributed by atoms with van der Waals surface area (Å²) in [5.74, 6) is 3.24. The van der Waals surface area contributed by atoms with Gasteiger partial charge in [-0.1, -0.05) is 48.5 Å². The van der Waals surface area contributed by atoms with E-state index in [1.165, 1.54) is 0 Å². The molecule has 3 aromatic carbocycles. The lowest BCUT2D eigenvalue weighted by Crippen LogP contribution is -2.30. The molecule has 0 aliphatic carbocycles. The van der Waals surface area contributed by atoms with Gasteiger partial charge in [-0.2, -0.15) is 16.9 Å². The first-order valence-electron chi connectivity index (χ1n) is 12.3. The summed E-state index contributed by atoms with van der Waals surface area (Å²) >= 11 is 1.74. The Morgan fingerprint density at radius 3 is 2.37 bits per heavy atom. The highest BCUT2D eigenvalue weighted by atomic mass is 32.2. The molecule has 0 unspecified atom stereocenters. The van der Waals surface area contributed by atoms with Crippen LogP contribution in [0.25, 0.3) is 0 Å². The first-order chi connectivity index (χ1) is 18.6. The second-order valence-corrected chi connectivity index (χ2v) is 10.1. The van der Waals surface area contributed by atoms with Gasteiger partial charge in [0.15, 0.2) is 0 Å². The molecule has 0 fully saturated rings. The number of rotatable bonds is 7. The normalized spacial score (nSPS) is 13.6. The van der Waals surface area contributed by atoms with E-state index in [-0.39, 0.29) is 18.4 Å². The predicted molar refractivity (Wildman–Crippen MR) is 145 cm³/mol. The fraction of sp³-hybridized carbons (Fsp3) is 0.207. The average molecular weight is 527 g/mol. The van der Waals surface area contributed by atoms with Crippen molar-refractivity contribution in [3.05, 3.63) is 101 Å².